The van der Waals surface area contributed by atoms with Gasteiger partial charge in [-0.05, 0) is 6.92 Å². The summed E-state index contributed by atoms with van der Waals surface area (Å²) in [7, 11) is 0. The maximum Gasteiger partial charge on any atom is 0.396 e. The summed E-state index contributed by atoms with van der Waals surface area (Å²) in [6.07, 6.45) is 0. The Balaban J connectivity index is 1.95. The van der Waals surface area contributed by atoms with E-state index in [1.54, 1.807) is 6.92 Å². The van der Waals surface area contributed by atoms with Crippen LogP contribution in [0.4, 0.5) is 0 Å². The highest BCUT2D eigenvalue weighted by Gasteiger charge is 2.16. The Morgan fingerprint density at radius 2 is 2.33 bits per heavy atom. The van der Waals surface area contributed by atoms with Gasteiger partial charge in [0.1, 0.15) is 10.0 Å². The van der Waals surface area contributed by atoms with Crippen molar-refractivity contribution in [1.29, 1.82) is 0 Å². The van der Waals surface area contributed by atoms with Crippen LogP contribution in [0.15, 0.2) is 9.64 Å². The molecule has 2 rings (SSSR count). The summed E-state index contributed by atoms with van der Waals surface area (Å²) in [5.41, 5.74) is 0.641. The third-order valence-electron chi connectivity index (χ3n) is 1.70. The molecule has 0 N–H and O–H groups in total. The van der Waals surface area contributed by atoms with Gasteiger partial charge in [-0.25, -0.2) is 4.79 Å². The van der Waals surface area contributed by atoms with Crippen LogP contribution in [0.1, 0.15) is 23.3 Å². The maximum atomic E-state index is 11.3. The molecule has 2 aromatic heterocycles. The van der Waals surface area contributed by atoms with Crippen molar-refractivity contribution in [3.63, 3.8) is 0 Å². The van der Waals surface area contributed by atoms with Crippen molar-refractivity contribution in [2.45, 2.75) is 17.9 Å². The molecular weight excluding hydrogens is 300 g/mol. The van der Waals surface area contributed by atoms with E-state index >= 15 is 0 Å². The van der Waals surface area contributed by atoms with Gasteiger partial charge in [0.2, 0.25) is 0 Å². The highest BCUT2D eigenvalue weighted by molar-refractivity contribution is 7.98. The second-order valence-electron chi connectivity index (χ2n) is 2.88. The van der Waals surface area contributed by atoms with Gasteiger partial charge in [-0.3, -0.25) is 0 Å². The summed E-state index contributed by atoms with van der Waals surface area (Å²) in [4.78, 5) is 11.3. The molecule has 2 aromatic rings. The first kappa shape index (κ1) is 13.2. The number of nitrogens with zero attached hydrogens (tertiary/aromatic N) is 4. The van der Waals surface area contributed by atoms with Crippen LogP contribution in [0.2, 0.25) is 4.34 Å². The number of thioether (sulfide) groups is 1. The van der Waals surface area contributed by atoms with Crippen molar-refractivity contribution >= 4 is 40.9 Å². The van der Waals surface area contributed by atoms with E-state index in [-0.39, 0.29) is 17.7 Å². The van der Waals surface area contributed by atoms with Crippen LogP contribution in [0.3, 0.4) is 0 Å². The van der Waals surface area contributed by atoms with Crippen molar-refractivity contribution < 1.29 is 13.9 Å². The van der Waals surface area contributed by atoms with Gasteiger partial charge < -0.3 is 9.15 Å². The van der Waals surface area contributed by atoms with Gasteiger partial charge in [0.15, 0.2) is 0 Å². The summed E-state index contributed by atoms with van der Waals surface area (Å²) in [6.45, 7) is 1.95. The molecule has 0 spiro atoms. The van der Waals surface area contributed by atoms with E-state index in [0.717, 1.165) is 11.5 Å². The lowest BCUT2D eigenvalue weighted by molar-refractivity contribution is 0.0475. The highest BCUT2D eigenvalue weighted by atomic mass is 35.5. The van der Waals surface area contributed by atoms with Gasteiger partial charge in [-0.1, -0.05) is 32.9 Å². The van der Waals surface area contributed by atoms with Crippen LogP contribution in [0, 0.1) is 0 Å². The molecular formula is C8H7ClN4O3S2. The summed E-state index contributed by atoms with van der Waals surface area (Å²) in [5.74, 6) is -0.355. The van der Waals surface area contributed by atoms with Crippen LogP contribution >= 0.6 is 34.9 Å². The molecule has 2 heterocycles. The van der Waals surface area contributed by atoms with Gasteiger partial charge >= 0.3 is 11.9 Å². The van der Waals surface area contributed by atoms with Gasteiger partial charge in [-0.2, -0.15) is 0 Å². The second-order valence-corrected chi connectivity index (χ2v) is 5.16. The Hall–Kier alpha value is -1.19. The maximum absolute atomic E-state index is 11.3. The number of carbonyl (C=O) groups excluding carboxylic acids is 1. The van der Waals surface area contributed by atoms with E-state index in [2.05, 4.69) is 19.8 Å². The molecule has 0 saturated heterocycles. The number of aromatic nitrogens is 4. The molecule has 0 radical (unpaired) electrons. The molecule has 0 fully saturated rings. The van der Waals surface area contributed by atoms with Crippen LogP contribution in [0.5, 0.6) is 0 Å². The van der Waals surface area contributed by atoms with Crippen molar-refractivity contribution in [2.75, 3.05) is 6.61 Å². The standard InChI is InChI=1S/C8H7ClN4O3S2/c1-2-15-7(14)6-11-12-8(16-6)17-3-4-5(9)18-13-10-4/h2-3H2,1H3. The minimum absolute atomic E-state index is 0.165. The van der Waals surface area contributed by atoms with Crippen LogP contribution in [-0.2, 0) is 10.5 Å². The lowest BCUT2D eigenvalue weighted by Gasteiger charge is -1.94. The number of esters is 1. The normalized spacial score (nSPS) is 10.6. The molecule has 10 heteroatoms. The van der Waals surface area contributed by atoms with Crippen LogP contribution in [-0.4, -0.2) is 32.4 Å². The summed E-state index contributed by atoms with van der Waals surface area (Å²) >= 11 is 8.17. The number of halogens is 1. The van der Waals surface area contributed by atoms with E-state index < -0.39 is 5.97 Å². The SMILES string of the molecule is CCOC(=O)c1nnc(SCc2nnsc2Cl)o1. The Kier molecular flexibility index (Phi) is 4.50. The number of carbonyl (C=O) groups is 1. The molecule has 0 aliphatic heterocycles. The molecule has 0 aromatic carbocycles. The lowest BCUT2D eigenvalue weighted by atomic mass is 10.6. The Bertz CT molecular complexity index is 544. The molecule has 0 atom stereocenters. The Labute approximate surface area is 115 Å². The zero-order valence-electron chi connectivity index (χ0n) is 9.12. The highest BCUT2D eigenvalue weighted by Crippen LogP contribution is 2.26. The number of hydrogen-bond donors (Lipinski definition) is 0. The zero-order valence-corrected chi connectivity index (χ0v) is 11.5. The van der Waals surface area contributed by atoms with E-state index in [9.17, 15) is 4.79 Å². The Morgan fingerprint density at radius 1 is 1.50 bits per heavy atom. The van der Waals surface area contributed by atoms with Gasteiger partial charge in [0.25, 0.3) is 5.22 Å². The fraction of sp³-hybridized carbons (Fsp3) is 0.375. The van der Waals surface area contributed by atoms with E-state index in [1.807, 2.05) is 0 Å². The van der Waals surface area contributed by atoms with Crippen molar-refractivity contribution in [1.82, 2.24) is 19.8 Å². The van der Waals surface area contributed by atoms with Gasteiger partial charge in [0, 0.05) is 17.3 Å². The second kappa shape index (κ2) is 6.12. The summed E-state index contributed by atoms with van der Waals surface area (Å²) in [5, 5.41) is 11.4. The number of hydrogen-bond acceptors (Lipinski definition) is 9. The van der Waals surface area contributed by atoms with Crippen molar-refractivity contribution in [3.05, 3.63) is 15.9 Å². The average molecular weight is 307 g/mol. The molecule has 18 heavy (non-hydrogen) atoms. The predicted molar refractivity (Wildman–Crippen MR) is 64.7 cm³/mol. The fourth-order valence-electron chi connectivity index (χ4n) is 0.957. The monoisotopic (exact) mass is 306 g/mol. The van der Waals surface area contributed by atoms with Gasteiger partial charge in [-0.15, -0.1) is 10.2 Å². The molecule has 96 valence electrons. The quantitative estimate of drug-likeness (QED) is 0.612. The third-order valence-corrected chi connectivity index (χ3v) is 3.51. The minimum Gasteiger partial charge on any atom is -0.459 e. The first-order valence-corrected chi connectivity index (χ1v) is 6.94. The first-order valence-electron chi connectivity index (χ1n) is 4.81. The molecule has 0 saturated carbocycles. The summed E-state index contributed by atoms with van der Waals surface area (Å²) < 4.78 is 14.1. The average Bonchev–Trinajstić information content (AvgIpc) is 2.96. The van der Waals surface area contributed by atoms with E-state index in [1.165, 1.54) is 11.8 Å². The molecule has 0 aliphatic carbocycles. The smallest absolute Gasteiger partial charge is 0.396 e. The zero-order chi connectivity index (χ0) is 13.0. The minimum atomic E-state index is -0.634. The van der Waals surface area contributed by atoms with E-state index in [0.29, 0.717) is 15.8 Å². The fourth-order valence-corrected chi connectivity index (χ4v) is 2.45. The number of rotatable bonds is 5. The predicted octanol–water partition coefficient (Wildman–Crippen LogP) is 2.04. The first-order chi connectivity index (χ1) is 8.70. The van der Waals surface area contributed by atoms with Crippen LogP contribution < -0.4 is 0 Å². The van der Waals surface area contributed by atoms with Crippen molar-refractivity contribution in [3.8, 4) is 0 Å². The summed E-state index contributed by atoms with van der Waals surface area (Å²) in [6, 6.07) is 0. The van der Waals surface area contributed by atoms with Gasteiger partial charge in [0.05, 0.1) is 6.61 Å². The third kappa shape index (κ3) is 3.18. The topological polar surface area (TPSA) is 91.0 Å². The lowest BCUT2D eigenvalue weighted by Crippen LogP contribution is -2.04. The molecule has 0 unspecified atom stereocenters. The molecule has 0 bridgehead atoms. The molecule has 0 amide bonds. The molecule has 0 aliphatic rings. The number of ether oxygens (including phenoxy) is 1. The van der Waals surface area contributed by atoms with E-state index in [4.69, 9.17) is 20.8 Å². The van der Waals surface area contributed by atoms with Crippen LogP contribution in [0.25, 0.3) is 0 Å². The van der Waals surface area contributed by atoms with Crippen molar-refractivity contribution in [2.24, 2.45) is 0 Å². The Morgan fingerprint density at radius 3 is 3.00 bits per heavy atom. The largest absolute Gasteiger partial charge is 0.459 e. The molecule has 7 nitrogen and oxygen atoms in total.